The van der Waals surface area contributed by atoms with Gasteiger partial charge in [0, 0.05) is 12.3 Å². The minimum Gasteiger partial charge on any atom is -0.457 e. The molecular formula is C17H22N2O4. The Kier molecular flexibility index (Phi) is 4.54. The first-order valence-corrected chi connectivity index (χ1v) is 7.99. The van der Waals surface area contributed by atoms with Gasteiger partial charge in [-0.05, 0) is 37.8 Å². The zero-order valence-corrected chi connectivity index (χ0v) is 13.2. The molecule has 2 heterocycles. The second-order valence-electron chi connectivity index (χ2n) is 5.76. The maximum atomic E-state index is 12.0. The maximum Gasteiger partial charge on any atom is 0.253 e. The molecule has 1 amide bonds. The van der Waals surface area contributed by atoms with Crippen molar-refractivity contribution in [3.8, 4) is 0 Å². The molecule has 1 aromatic carbocycles. The van der Waals surface area contributed by atoms with Gasteiger partial charge in [0.2, 0.25) is 0 Å². The van der Waals surface area contributed by atoms with Crippen LogP contribution in [0.5, 0.6) is 0 Å². The molecule has 124 valence electrons. The number of nitrogen functional groups attached to an aromatic ring is 1. The molecule has 3 rings (SSSR count). The molecule has 6 nitrogen and oxygen atoms in total. The van der Waals surface area contributed by atoms with E-state index in [9.17, 15) is 4.79 Å². The third kappa shape index (κ3) is 3.04. The van der Waals surface area contributed by atoms with Gasteiger partial charge in [-0.2, -0.15) is 0 Å². The zero-order chi connectivity index (χ0) is 16.4. The highest BCUT2D eigenvalue weighted by atomic mass is 16.7. The molecule has 4 N–H and O–H groups in total. The Morgan fingerprint density at radius 3 is 2.91 bits per heavy atom. The molecule has 1 aromatic heterocycles. The van der Waals surface area contributed by atoms with Crippen molar-refractivity contribution >= 4 is 22.6 Å². The van der Waals surface area contributed by atoms with Crippen molar-refractivity contribution in [1.29, 1.82) is 0 Å². The van der Waals surface area contributed by atoms with Crippen LogP contribution in [0, 0.1) is 0 Å². The maximum absolute atomic E-state index is 12.0. The molecule has 0 radical (unpaired) electrons. The molecule has 23 heavy (non-hydrogen) atoms. The van der Waals surface area contributed by atoms with Gasteiger partial charge < -0.3 is 25.4 Å². The normalized spacial score (nSPS) is 19.8. The molecule has 6 heteroatoms. The summed E-state index contributed by atoms with van der Waals surface area (Å²) in [5.74, 6) is -0.134. The third-order valence-corrected chi connectivity index (χ3v) is 4.14. The number of carbonyl (C=O) groups excluding carboxylic acids is 1. The SMILES string of the molecule is CCC(OC1CCCCO1)c1oc2cccc(N)c2c1C(N)=O. The molecule has 1 aliphatic rings. The van der Waals surface area contributed by atoms with Crippen LogP contribution in [0.1, 0.15) is 54.8 Å². The van der Waals surface area contributed by atoms with E-state index in [-0.39, 0.29) is 6.29 Å². The van der Waals surface area contributed by atoms with Crippen LogP contribution >= 0.6 is 0 Å². The number of fused-ring (bicyclic) bond motifs is 1. The van der Waals surface area contributed by atoms with E-state index >= 15 is 0 Å². The fraction of sp³-hybridized carbons (Fsp3) is 0.471. The standard InChI is InChI=1S/C17H22N2O4/c1-2-11(22-13-8-3-4-9-21-13)16-15(17(19)20)14-10(18)6-5-7-12(14)23-16/h5-7,11,13H,2-4,8-9,18H2,1H3,(H2,19,20). The largest absolute Gasteiger partial charge is 0.457 e. The number of benzene rings is 1. The highest BCUT2D eigenvalue weighted by molar-refractivity contribution is 6.10. The minimum absolute atomic E-state index is 0.278. The Morgan fingerprint density at radius 2 is 2.26 bits per heavy atom. The van der Waals surface area contributed by atoms with Gasteiger partial charge in [0.1, 0.15) is 17.4 Å². The average Bonchev–Trinajstić information content (AvgIpc) is 2.94. The van der Waals surface area contributed by atoms with Gasteiger partial charge in [-0.1, -0.05) is 13.0 Å². The van der Waals surface area contributed by atoms with Crippen molar-refractivity contribution < 1.29 is 18.7 Å². The summed E-state index contributed by atoms with van der Waals surface area (Å²) in [6, 6.07) is 5.27. The van der Waals surface area contributed by atoms with E-state index in [1.54, 1.807) is 18.2 Å². The summed E-state index contributed by atoms with van der Waals surface area (Å²) in [4.78, 5) is 12.0. The number of nitrogens with two attached hydrogens (primary N) is 2. The van der Waals surface area contributed by atoms with Crippen molar-refractivity contribution in [2.75, 3.05) is 12.3 Å². The summed E-state index contributed by atoms with van der Waals surface area (Å²) in [6.07, 6.45) is 2.92. The molecule has 0 spiro atoms. The zero-order valence-electron chi connectivity index (χ0n) is 13.2. The lowest BCUT2D eigenvalue weighted by Gasteiger charge is -2.26. The molecule has 1 fully saturated rings. The summed E-state index contributed by atoms with van der Waals surface area (Å²) >= 11 is 0. The van der Waals surface area contributed by atoms with E-state index in [0.29, 0.717) is 41.0 Å². The number of rotatable bonds is 5. The molecule has 0 aliphatic carbocycles. The number of anilines is 1. The first-order valence-electron chi connectivity index (χ1n) is 7.99. The summed E-state index contributed by atoms with van der Waals surface area (Å²) in [5, 5.41) is 0.557. The first-order chi connectivity index (χ1) is 11.1. The lowest BCUT2D eigenvalue weighted by molar-refractivity contribution is -0.193. The lowest BCUT2D eigenvalue weighted by atomic mass is 10.0. The second-order valence-corrected chi connectivity index (χ2v) is 5.76. The van der Waals surface area contributed by atoms with Gasteiger partial charge in [0.05, 0.1) is 10.9 Å². The minimum atomic E-state index is -0.566. The quantitative estimate of drug-likeness (QED) is 0.825. The van der Waals surface area contributed by atoms with E-state index in [1.807, 2.05) is 6.92 Å². The Hall–Kier alpha value is -2.05. The lowest BCUT2D eigenvalue weighted by Crippen LogP contribution is -2.25. The van der Waals surface area contributed by atoms with Gasteiger partial charge in [-0.25, -0.2) is 0 Å². The summed E-state index contributed by atoms with van der Waals surface area (Å²) < 4.78 is 17.5. The molecule has 0 saturated carbocycles. The second kappa shape index (κ2) is 6.60. The predicted octanol–water partition coefficient (Wildman–Crippen LogP) is 3.11. The number of hydrogen-bond acceptors (Lipinski definition) is 5. The molecule has 2 atom stereocenters. The number of furan rings is 1. The Balaban J connectivity index is 2.00. The van der Waals surface area contributed by atoms with Gasteiger partial charge in [-0.3, -0.25) is 4.79 Å². The van der Waals surface area contributed by atoms with Crippen LogP contribution in [0.4, 0.5) is 5.69 Å². The molecular weight excluding hydrogens is 296 g/mol. The van der Waals surface area contributed by atoms with Gasteiger partial charge >= 0.3 is 0 Å². The van der Waals surface area contributed by atoms with Crippen LogP contribution in [0.25, 0.3) is 11.0 Å². The molecule has 0 bridgehead atoms. The Morgan fingerprint density at radius 1 is 1.43 bits per heavy atom. The van der Waals surface area contributed by atoms with Crippen LogP contribution in [0.2, 0.25) is 0 Å². The Labute approximate surface area is 134 Å². The third-order valence-electron chi connectivity index (χ3n) is 4.14. The van der Waals surface area contributed by atoms with Crippen LogP contribution < -0.4 is 11.5 Å². The van der Waals surface area contributed by atoms with Gasteiger partial charge in [0.25, 0.3) is 5.91 Å². The van der Waals surface area contributed by atoms with Gasteiger partial charge in [-0.15, -0.1) is 0 Å². The van der Waals surface area contributed by atoms with Crippen molar-refractivity contribution in [3.63, 3.8) is 0 Å². The van der Waals surface area contributed by atoms with Crippen LogP contribution in [-0.4, -0.2) is 18.8 Å². The number of amides is 1. The summed E-state index contributed by atoms with van der Waals surface area (Å²) in [5.41, 5.74) is 12.9. The monoisotopic (exact) mass is 318 g/mol. The highest BCUT2D eigenvalue weighted by Crippen LogP contribution is 2.37. The number of hydrogen-bond donors (Lipinski definition) is 2. The fourth-order valence-corrected chi connectivity index (χ4v) is 3.01. The number of carbonyl (C=O) groups is 1. The van der Waals surface area contributed by atoms with Crippen molar-refractivity contribution in [2.45, 2.75) is 45.0 Å². The molecule has 1 aliphatic heterocycles. The summed E-state index contributed by atoms with van der Waals surface area (Å²) in [6.45, 7) is 2.66. The highest BCUT2D eigenvalue weighted by Gasteiger charge is 2.29. The Bertz CT molecular complexity index is 704. The van der Waals surface area contributed by atoms with Crippen molar-refractivity contribution in [2.24, 2.45) is 5.73 Å². The van der Waals surface area contributed by atoms with E-state index < -0.39 is 12.0 Å². The molecule has 1 saturated heterocycles. The number of primary amides is 1. The van der Waals surface area contributed by atoms with E-state index in [1.165, 1.54) is 0 Å². The predicted molar refractivity (Wildman–Crippen MR) is 86.9 cm³/mol. The number of ether oxygens (including phenoxy) is 2. The molecule has 2 unspecified atom stereocenters. The smallest absolute Gasteiger partial charge is 0.253 e. The van der Waals surface area contributed by atoms with Crippen LogP contribution in [0.15, 0.2) is 22.6 Å². The van der Waals surface area contributed by atoms with E-state index in [2.05, 4.69) is 0 Å². The first kappa shape index (κ1) is 15.8. The van der Waals surface area contributed by atoms with Crippen molar-refractivity contribution in [3.05, 3.63) is 29.5 Å². The molecule has 2 aromatic rings. The van der Waals surface area contributed by atoms with Gasteiger partial charge in [0.15, 0.2) is 6.29 Å². The average molecular weight is 318 g/mol. The van der Waals surface area contributed by atoms with Crippen molar-refractivity contribution in [1.82, 2.24) is 0 Å². The van der Waals surface area contributed by atoms with E-state index in [4.69, 9.17) is 25.4 Å². The topological polar surface area (TPSA) is 101 Å². The van der Waals surface area contributed by atoms with Crippen LogP contribution in [0.3, 0.4) is 0 Å². The van der Waals surface area contributed by atoms with Crippen LogP contribution in [-0.2, 0) is 9.47 Å². The fourth-order valence-electron chi connectivity index (χ4n) is 3.01. The summed E-state index contributed by atoms with van der Waals surface area (Å²) in [7, 11) is 0. The van der Waals surface area contributed by atoms with E-state index in [0.717, 1.165) is 19.3 Å².